The number of pyridine rings is 1. The molecule has 9 heteroatoms. The maximum absolute atomic E-state index is 10.6. The van der Waals surface area contributed by atoms with Gasteiger partial charge in [0.25, 0.3) is 0 Å². The summed E-state index contributed by atoms with van der Waals surface area (Å²) in [5, 5.41) is 14.9. The number of anilines is 1. The minimum absolute atomic E-state index is 0.205. The van der Waals surface area contributed by atoms with Crippen LogP contribution < -0.4 is 5.73 Å². The fourth-order valence-electron chi connectivity index (χ4n) is 1.36. The van der Waals surface area contributed by atoms with E-state index in [1.165, 1.54) is 10.9 Å². The maximum Gasteiger partial charge on any atom is 0.404 e. The maximum atomic E-state index is 10.6. The van der Waals surface area contributed by atoms with Crippen LogP contribution in [0.1, 0.15) is 5.69 Å². The molecule has 18 heavy (non-hydrogen) atoms. The molecular weight excluding hydrogens is 325 g/mol. The van der Waals surface area contributed by atoms with E-state index in [0.717, 1.165) is 0 Å². The number of rotatable bonds is 3. The summed E-state index contributed by atoms with van der Waals surface area (Å²) in [6.45, 7) is 0.205. The van der Waals surface area contributed by atoms with Crippen LogP contribution in [0.4, 0.5) is 11.6 Å². The molecule has 0 aromatic carbocycles. The van der Waals surface area contributed by atoms with Crippen molar-refractivity contribution in [3.05, 3.63) is 43.6 Å². The lowest BCUT2D eigenvalue weighted by atomic mass is 10.3. The van der Waals surface area contributed by atoms with Crippen molar-refractivity contribution in [2.75, 3.05) is 5.73 Å². The summed E-state index contributed by atoms with van der Waals surface area (Å²) >= 11 is 9.01. The first-order valence-corrected chi connectivity index (χ1v) is 5.92. The molecule has 0 fully saturated rings. The summed E-state index contributed by atoms with van der Waals surface area (Å²) in [5.74, 6) is 0.0742. The van der Waals surface area contributed by atoms with Crippen molar-refractivity contribution in [1.29, 1.82) is 0 Å². The van der Waals surface area contributed by atoms with Crippen LogP contribution in [-0.2, 0) is 6.54 Å². The van der Waals surface area contributed by atoms with Gasteiger partial charge in [-0.25, -0.2) is 4.98 Å². The Bertz CT molecular complexity index is 615. The minimum Gasteiger partial charge on any atom is -0.384 e. The predicted octanol–water partition coefficient (Wildman–Crippen LogP) is 2.23. The van der Waals surface area contributed by atoms with Gasteiger partial charge in [0, 0.05) is 0 Å². The van der Waals surface area contributed by atoms with Gasteiger partial charge >= 0.3 is 5.82 Å². The van der Waals surface area contributed by atoms with E-state index in [9.17, 15) is 10.1 Å². The third-order valence-electron chi connectivity index (χ3n) is 2.12. The molecule has 2 heterocycles. The Labute approximate surface area is 115 Å². The molecule has 0 bridgehead atoms. The molecule has 0 radical (unpaired) electrons. The second kappa shape index (κ2) is 4.91. The van der Waals surface area contributed by atoms with Gasteiger partial charge in [-0.05, 0) is 33.0 Å². The Morgan fingerprint density at radius 2 is 2.28 bits per heavy atom. The first-order chi connectivity index (χ1) is 8.47. The van der Waals surface area contributed by atoms with Crippen molar-refractivity contribution >= 4 is 39.2 Å². The average Bonchev–Trinajstić information content (AvgIpc) is 2.65. The van der Waals surface area contributed by atoms with Crippen LogP contribution >= 0.6 is 27.5 Å². The lowest BCUT2D eigenvalue weighted by Crippen LogP contribution is -2.05. The van der Waals surface area contributed by atoms with Crippen molar-refractivity contribution in [3.8, 4) is 0 Å². The summed E-state index contributed by atoms with van der Waals surface area (Å²) in [6, 6.07) is 3.19. The van der Waals surface area contributed by atoms with E-state index >= 15 is 0 Å². The Morgan fingerprint density at radius 3 is 2.89 bits per heavy atom. The molecule has 7 nitrogen and oxygen atoms in total. The van der Waals surface area contributed by atoms with Crippen LogP contribution in [0.25, 0.3) is 0 Å². The van der Waals surface area contributed by atoms with E-state index in [0.29, 0.717) is 21.0 Å². The van der Waals surface area contributed by atoms with E-state index in [2.05, 4.69) is 26.0 Å². The van der Waals surface area contributed by atoms with Crippen molar-refractivity contribution < 1.29 is 4.92 Å². The smallest absolute Gasteiger partial charge is 0.384 e. The van der Waals surface area contributed by atoms with Gasteiger partial charge in [-0.15, -0.1) is 0 Å². The first kappa shape index (κ1) is 12.8. The highest BCUT2D eigenvalue weighted by Crippen LogP contribution is 2.23. The Hall–Kier alpha value is -1.67. The minimum atomic E-state index is -0.574. The fourth-order valence-corrected chi connectivity index (χ4v) is 1.98. The Kier molecular flexibility index (Phi) is 3.48. The van der Waals surface area contributed by atoms with Crippen LogP contribution in [0.2, 0.25) is 5.02 Å². The second-order valence-corrected chi connectivity index (χ2v) is 4.68. The quantitative estimate of drug-likeness (QED) is 0.686. The van der Waals surface area contributed by atoms with Gasteiger partial charge in [0.05, 0.1) is 22.0 Å². The zero-order valence-electron chi connectivity index (χ0n) is 8.88. The molecule has 94 valence electrons. The third-order valence-corrected chi connectivity index (χ3v) is 3.03. The molecule has 2 N–H and O–H groups in total. The number of hydrogen-bond acceptors (Lipinski definition) is 5. The van der Waals surface area contributed by atoms with Crippen LogP contribution in [-0.4, -0.2) is 19.7 Å². The molecule has 2 aromatic rings. The lowest BCUT2D eigenvalue weighted by molar-refractivity contribution is -0.390. The van der Waals surface area contributed by atoms with Crippen LogP contribution in [0.3, 0.4) is 0 Å². The number of nitrogens with two attached hydrogens (primary N) is 1. The van der Waals surface area contributed by atoms with Crippen LogP contribution in [0.5, 0.6) is 0 Å². The number of halogens is 2. The van der Waals surface area contributed by atoms with Gasteiger partial charge in [0.15, 0.2) is 0 Å². The molecular formula is C9H7BrClN5O2. The molecule has 2 aromatic heterocycles. The molecule has 0 unspecified atom stereocenters. The molecule has 0 aliphatic heterocycles. The van der Waals surface area contributed by atoms with E-state index in [1.807, 2.05) is 0 Å². The zero-order chi connectivity index (χ0) is 13.3. The molecule has 0 spiro atoms. The summed E-state index contributed by atoms with van der Waals surface area (Å²) in [4.78, 5) is 14.1. The summed E-state index contributed by atoms with van der Waals surface area (Å²) in [6.07, 6.45) is 1.49. The number of nitro groups is 1. The normalized spacial score (nSPS) is 10.6. The first-order valence-electron chi connectivity index (χ1n) is 4.75. The van der Waals surface area contributed by atoms with E-state index in [-0.39, 0.29) is 12.4 Å². The van der Waals surface area contributed by atoms with Crippen molar-refractivity contribution in [2.45, 2.75) is 6.54 Å². The average molecular weight is 333 g/mol. The lowest BCUT2D eigenvalue weighted by Gasteiger charge is -2.02. The molecule has 0 aliphatic rings. The van der Waals surface area contributed by atoms with Gasteiger partial charge in [-0.2, -0.15) is 4.68 Å². The number of hydrogen-bond donors (Lipinski definition) is 1. The summed E-state index contributed by atoms with van der Waals surface area (Å²) in [5.41, 5.74) is 6.05. The SMILES string of the molecule is Nc1ccc(Cl)c(Cn2cc(Br)c([N+](=O)[O-])n2)n1. The zero-order valence-corrected chi connectivity index (χ0v) is 11.2. The van der Waals surface area contributed by atoms with E-state index < -0.39 is 4.92 Å². The standard InChI is InChI=1S/C9H7BrClN5O2/c10-5-3-15(14-9(5)16(17)18)4-7-6(11)1-2-8(12)13-7/h1-3H,4H2,(H2,12,13). The largest absolute Gasteiger partial charge is 0.404 e. The van der Waals surface area contributed by atoms with Gasteiger partial charge < -0.3 is 15.8 Å². The van der Waals surface area contributed by atoms with Gasteiger partial charge in [-0.1, -0.05) is 11.6 Å². The second-order valence-electron chi connectivity index (χ2n) is 3.42. The highest BCUT2D eigenvalue weighted by molar-refractivity contribution is 9.10. The van der Waals surface area contributed by atoms with Gasteiger partial charge in [0.2, 0.25) is 0 Å². The Balaban J connectivity index is 2.31. The molecule has 0 saturated heterocycles. The fraction of sp³-hybridized carbons (Fsp3) is 0.111. The van der Waals surface area contributed by atoms with Crippen LogP contribution in [0.15, 0.2) is 22.8 Å². The molecule has 0 atom stereocenters. The highest BCUT2D eigenvalue weighted by Gasteiger charge is 2.19. The third kappa shape index (κ3) is 2.59. The highest BCUT2D eigenvalue weighted by atomic mass is 79.9. The number of aromatic nitrogens is 3. The van der Waals surface area contributed by atoms with Crippen LogP contribution in [0, 0.1) is 10.1 Å². The summed E-state index contributed by atoms with van der Waals surface area (Å²) in [7, 11) is 0. The molecule has 0 aliphatic carbocycles. The number of nitrogens with zero attached hydrogens (tertiary/aromatic N) is 4. The monoisotopic (exact) mass is 331 g/mol. The van der Waals surface area contributed by atoms with Crippen molar-refractivity contribution in [1.82, 2.24) is 14.8 Å². The van der Waals surface area contributed by atoms with E-state index in [4.69, 9.17) is 17.3 Å². The van der Waals surface area contributed by atoms with Crippen molar-refractivity contribution in [3.63, 3.8) is 0 Å². The van der Waals surface area contributed by atoms with Gasteiger partial charge in [0.1, 0.15) is 16.8 Å². The number of nitrogen functional groups attached to an aromatic ring is 1. The molecule has 2 rings (SSSR count). The van der Waals surface area contributed by atoms with Crippen molar-refractivity contribution in [2.24, 2.45) is 0 Å². The topological polar surface area (TPSA) is 99.9 Å². The summed E-state index contributed by atoms with van der Waals surface area (Å²) < 4.78 is 1.67. The van der Waals surface area contributed by atoms with E-state index in [1.54, 1.807) is 12.1 Å². The molecule has 0 saturated carbocycles. The Morgan fingerprint density at radius 1 is 1.56 bits per heavy atom. The predicted molar refractivity (Wildman–Crippen MR) is 69.3 cm³/mol. The van der Waals surface area contributed by atoms with Gasteiger partial charge in [-0.3, -0.25) is 0 Å². The molecule has 0 amide bonds.